The predicted octanol–water partition coefficient (Wildman–Crippen LogP) is -2.44. The van der Waals surface area contributed by atoms with E-state index in [0.717, 1.165) is 11.2 Å². The van der Waals surface area contributed by atoms with Gasteiger partial charge in [-0.25, -0.2) is 4.79 Å². The van der Waals surface area contributed by atoms with Gasteiger partial charge in [0.2, 0.25) is 17.7 Å². The Balaban J connectivity index is 1.23. The summed E-state index contributed by atoms with van der Waals surface area (Å²) in [5.41, 5.74) is 11.4. The number of aromatic nitrogens is 4. The maximum atomic E-state index is 13.1. The van der Waals surface area contributed by atoms with Crippen molar-refractivity contribution in [2.24, 2.45) is 17.6 Å². The number of aliphatic carboxylic acids is 1. The van der Waals surface area contributed by atoms with Crippen LogP contribution in [-0.2, 0) is 25.7 Å². The van der Waals surface area contributed by atoms with E-state index in [9.17, 15) is 24.3 Å². The van der Waals surface area contributed by atoms with Gasteiger partial charge >= 0.3 is 5.97 Å². The molecule has 0 bridgehead atoms. The molecule has 0 saturated carbocycles. The number of rotatable bonds is 8. The number of amides is 3. The van der Waals surface area contributed by atoms with Crippen LogP contribution in [0.25, 0.3) is 0 Å². The van der Waals surface area contributed by atoms with Crippen molar-refractivity contribution in [3.05, 3.63) is 10.6 Å². The molecular weight excluding hydrogens is 516 g/mol. The van der Waals surface area contributed by atoms with Crippen molar-refractivity contribution in [2.45, 2.75) is 62.7 Å². The second-order valence-corrected chi connectivity index (χ2v) is 11.7. The number of carboxylic acids is 1. The highest BCUT2D eigenvalue weighted by atomic mass is 32.2. The van der Waals surface area contributed by atoms with Gasteiger partial charge in [0.05, 0.1) is 18.0 Å². The Morgan fingerprint density at radius 3 is 2.74 bits per heavy atom. The van der Waals surface area contributed by atoms with Crippen LogP contribution in [0.5, 0.6) is 0 Å². The van der Waals surface area contributed by atoms with Crippen molar-refractivity contribution in [1.29, 1.82) is 0 Å². The van der Waals surface area contributed by atoms with Gasteiger partial charge in [-0.1, -0.05) is 12.0 Å². The molecule has 0 aliphatic carbocycles. The number of nitrogen functional groups attached to an aromatic ring is 1. The number of anilines is 1. The molecule has 3 amide bonds. The van der Waals surface area contributed by atoms with Crippen LogP contribution in [0, 0.1) is 11.8 Å². The molecule has 0 radical (unpaired) electrons. The van der Waals surface area contributed by atoms with Crippen LogP contribution in [-0.4, -0.2) is 108 Å². The molecule has 5 rings (SSSR count). The zero-order valence-electron chi connectivity index (χ0n) is 21.1. The highest BCUT2D eigenvalue weighted by Gasteiger charge is 2.60. The molecule has 0 aromatic carbocycles. The molecule has 3 saturated heterocycles. The third-order valence-corrected chi connectivity index (χ3v) is 9.20. The first-order chi connectivity index (χ1) is 18.0. The summed E-state index contributed by atoms with van der Waals surface area (Å²) >= 11 is 1.43. The monoisotopic (exact) mass is 548 g/mol. The van der Waals surface area contributed by atoms with Gasteiger partial charge in [0, 0.05) is 47.8 Å². The maximum Gasteiger partial charge on any atom is 0.353 e. The van der Waals surface area contributed by atoms with Gasteiger partial charge in [-0.2, -0.15) is 4.80 Å². The molecule has 0 spiro atoms. The first-order valence-corrected chi connectivity index (χ1v) is 13.5. The molecule has 1 aromatic heterocycles. The number of nitrogens with two attached hydrogens (primary N) is 2. The molecule has 38 heavy (non-hydrogen) atoms. The molecule has 16 heteroatoms. The Bertz CT molecular complexity index is 1190. The highest BCUT2D eigenvalue weighted by Crippen LogP contribution is 2.51. The summed E-state index contributed by atoms with van der Waals surface area (Å²) in [7, 11) is 0. The molecule has 4 aliphatic rings. The normalized spacial score (nSPS) is 31.4. The summed E-state index contributed by atoms with van der Waals surface area (Å²) in [6, 6.07) is -1.25. The van der Waals surface area contributed by atoms with Crippen LogP contribution in [0.2, 0.25) is 0 Å². The van der Waals surface area contributed by atoms with Crippen molar-refractivity contribution in [2.75, 3.05) is 25.4 Å². The first-order valence-electron chi connectivity index (χ1n) is 12.6. The van der Waals surface area contributed by atoms with Gasteiger partial charge in [-0.3, -0.25) is 14.4 Å². The van der Waals surface area contributed by atoms with Crippen molar-refractivity contribution in [3.8, 4) is 0 Å². The SMILES string of the molecule is C[C@@H](NC(=O)Cn1nnc(N)n1)[C@H]1C(=O)N2C(C(=O)O)=C(S[C@@H]3CN[C@H](C(=O)N4CC[C@@H](N)C4)C3)[C@H](C)[C@H]12. The Morgan fingerprint density at radius 1 is 1.34 bits per heavy atom. The number of hydrogen-bond donors (Lipinski definition) is 5. The molecule has 1 aromatic rings. The van der Waals surface area contributed by atoms with Crippen LogP contribution in [0.15, 0.2) is 10.6 Å². The second-order valence-electron chi connectivity index (χ2n) is 10.3. The molecular formula is C22H32N10O5S. The minimum atomic E-state index is -1.16. The first kappa shape index (κ1) is 26.4. The van der Waals surface area contributed by atoms with E-state index in [2.05, 4.69) is 26.0 Å². The van der Waals surface area contributed by atoms with Crippen molar-refractivity contribution >= 4 is 41.4 Å². The Morgan fingerprint density at radius 2 is 2.11 bits per heavy atom. The van der Waals surface area contributed by atoms with E-state index in [1.54, 1.807) is 11.8 Å². The van der Waals surface area contributed by atoms with E-state index in [1.807, 2.05) is 6.92 Å². The number of carboxylic acid groups (broad SMARTS) is 1. The van der Waals surface area contributed by atoms with Gasteiger partial charge in [-0.05, 0) is 25.0 Å². The number of hydrogen-bond acceptors (Lipinski definition) is 11. The number of tetrazole rings is 1. The summed E-state index contributed by atoms with van der Waals surface area (Å²) in [4.78, 5) is 55.5. The maximum absolute atomic E-state index is 13.1. The molecule has 4 aliphatic heterocycles. The van der Waals surface area contributed by atoms with Crippen LogP contribution < -0.4 is 22.1 Å². The summed E-state index contributed by atoms with van der Waals surface area (Å²) in [6.45, 7) is 5.18. The minimum absolute atomic E-state index is 0.00476. The summed E-state index contributed by atoms with van der Waals surface area (Å²) < 4.78 is 0. The standard InChI is InChI=1S/C22H32N10O5S/c1-9-16-15(10(2)26-14(33)8-31-28-22(24)27-29-31)20(35)32(16)17(21(36)37)18(9)38-12-5-13(25-6-12)19(34)30-4-3-11(23)7-30/h9-13,15-16,25H,3-8,23H2,1-2H3,(H2,24,28)(H,26,33)(H,36,37)/t9-,10-,11-,12+,13+,15-,16-/m1/s1. The minimum Gasteiger partial charge on any atom is -0.477 e. The van der Waals surface area contributed by atoms with E-state index in [0.29, 0.717) is 31.0 Å². The highest BCUT2D eigenvalue weighted by molar-refractivity contribution is 8.03. The lowest BCUT2D eigenvalue weighted by atomic mass is 9.78. The van der Waals surface area contributed by atoms with Crippen molar-refractivity contribution in [3.63, 3.8) is 0 Å². The van der Waals surface area contributed by atoms with Crippen LogP contribution >= 0.6 is 11.8 Å². The Hall–Kier alpha value is -3.24. The largest absolute Gasteiger partial charge is 0.477 e. The molecule has 0 unspecified atom stereocenters. The van der Waals surface area contributed by atoms with E-state index in [4.69, 9.17) is 11.5 Å². The van der Waals surface area contributed by atoms with E-state index in [1.165, 1.54) is 16.7 Å². The zero-order chi connectivity index (χ0) is 27.3. The third kappa shape index (κ3) is 4.71. The van der Waals surface area contributed by atoms with Gasteiger partial charge in [0.1, 0.15) is 12.2 Å². The second kappa shape index (κ2) is 10.1. The predicted molar refractivity (Wildman–Crippen MR) is 135 cm³/mol. The number of nitrogens with one attached hydrogen (secondary N) is 2. The van der Waals surface area contributed by atoms with Crippen LogP contribution in [0.4, 0.5) is 5.95 Å². The molecule has 7 N–H and O–H groups in total. The quantitative estimate of drug-likeness (QED) is 0.214. The Labute approximate surface area is 222 Å². The summed E-state index contributed by atoms with van der Waals surface area (Å²) in [5.74, 6) is -2.76. The van der Waals surface area contributed by atoms with Gasteiger partial charge in [0.25, 0.3) is 5.95 Å². The number of fused-ring (bicyclic) bond motifs is 1. The van der Waals surface area contributed by atoms with Crippen molar-refractivity contribution < 1.29 is 24.3 Å². The number of carbonyl (C=O) groups is 4. The summed E-state index contributed by atoms with van der Waals surface area (Å²) in [6.07, 6.45) is 1.36. The number of β-lactam (4-membered cyclic amide) rings is 1. The molecule has 3 fully saturated rings. The fourth-order valence-electron chi connectivity index (χ4n) is 5.91. The number of carbonyl (C=O) groups excluding carboxylic acids is 3. The molecule has 5 heterocycles. The average Bonchev–Trinajstić information content (AvgIpc) is 3.62. The van der Waals surface area contributed by atoms with Crippen LogP contribution in [0.3, 0.4) is 0 Å². The number of thioether (sulfide) groups is 1. The van der Waals surface area contributed by atoms with E-state index in [-0.39, 0.29) is 59.3 Å². The number of likely N-dealkylation sites (tertiary alicyclic amines) is 1. The third-order valence-electron chi connectivity index (χ3n) is 7.69. The lowest BCUT2D eigenvalue weighted by Crippen LogP contribution is -2.66. The van der Waals surface area contributed by atoms with Gasteiger partial charge in [0.15, 0.2) is 0 Å². The van der Waals surface area contributed by atoms with Gasteiger partial charge < -0.3 is 37.0 Å². The average molecular weight is 549 g/mol. The fourth-order valence-corrected chi connectivity index (χ4v) is 7.38. The zero-order valence-corrected chi connectivity index (χ0v) is 21.9. The lowest BCUT2D eigenvalue weighted by Gasteiger charge is -2.47. The molecule has 7 atom stereocenters. The van der Waals surface area contributed by atoms with Gasteiger partial charge in [-0.15, -0.1) is 16.9 Å². The van der Waals surface area contributed by atoms with E-state index >= 15 is 0 Å². The fraction of sp³-hybridized carbons (Fsp3) is 0.682. The Kier molecular flexibility index (Phi) is 7.04. The smallest absolute Gasteiger partial charge is 0.353 e. The topological polar surface area (TPSA) is 215 Å². The van der Waals surface area contributed by atoms with E-state index < -0.39 is 23.8 Å². The number of nitrogens with zero attached hydrogens (tertiary/aromatic N) is 6. The lowest BCUT2D eigenvalue weighted by molar-refractivity contribution is -0.158. The van der Waals surface area contributed by atoms with Crippen molar-refractivity contribution in [1.82, 2.24) is 40.6 Å². The molecule has 15 nitrogen and oxygen atoms in total. The van der Waals surface area contributed by atoms with Crippen LogP contribution in [0.1, 0.15) is 26.7 Å². The molecule has 206 valence electrons. The summed E-state index contributed by atoms with van der Waals surface area (Å²) in [5, 5.41) is 27.0.